The summed E-state index contributed by atoms with van der Waals surface area (Å²) >= 11 is 6.02. The van der Waals surface area contributed by atoms with Crippen molar-refractivity contribution in [2.75, 3.05) is 38.4 Å². The molecule has 1 fully saturated rings. The molecule has 1 aliphatic rings. The van der Waals surface area contributed by atoms with Crippen LogP contribution < -0.4 is 21.5 Å². The van der Waals surface area contributed by atoms with Crippen molar-refractivity contribution >= 4 is 38.7 Å². The summed E-state index contributed by atoms with van der Waals surface area (Å²) in [5.41, 5.74) is -1.86. The van der Waals surface area contributed by atoms with Gasteiger partial charge in [0.1, 0.15) is 16.3 Å². The van der Waals surface area contributed by atoms with Crippen LogP contribution in [0.2, 0.25) is 5.02 Å². The predicted octanol–water partition coefficient (Wildman–Crippen LogP) is 2.40. The minimum atomic E-state index is -4.05. The van der Waals surface area contributed by atoms with Gasteiger partial charge in [0, 0.05) is 21.2 Å². The number of sulfonamides is 1. The first kappa shape index (κ1) is 23.5. The lowest BCUT2D eigenvalue weighted by atomic mass is 9.81. The molecule has 9 nitrogen and oxygen atoms in total. The highest BCUT2D eigenvalue weighted by molar-refractivity contribution is 7.89. The van der Waals surface area contributed by atoms with Gasteiger partial charge >= 0.3 is 0 Å². The van der Waals surface area contributed by atoms with Crippen molar-refractivity contribution in [2.24, 2.45) is 0 Å². The van der Waals surface area contributed by atoms with Gasteiger partial charge < -0.3 is 20.5 Å². The van der Waals surface area contributed by atoms with E-state index < -0.39 is 37.1 Å². The van der Waals surface area contributed by atoms with Crippen molar-refractivity contribution in [3.05, 3.63) is 37.6 Å². The zero-order chi connectivity index (χ0) is 23.0. The SMILES string of the molecule is COCC1(Nc2c(Nc3ccc(Cl)c(S(=O)(=O)N(C)C)c3O)c(=O)c2=O)CCCCC1. The lowest BCUT2D eigenvalue weighted by Gasteiger charge is -2.39. The molecule has 0 aromatic heterocycles. The molecule has 0 radical (unpaired) electrons. The van der Waals surface area contributed by atoms with Crippen molar-refractivity contribution in [3.8, 4) is 5.75 Å². The Morgan fingerprint density at radius 2 is 1.74 bits per heavy atom. The van der Waals surface area contributed by atoms with Crippen LogP contribution in [0.15, 0.2) is 26.6 Å². The fourth-order valence-corrected chi connectivity index (χ4v) is 5.39. The van der Waals surface area contributed by atoms with Crippen LogP contribution in [0.4, 0.5) is 17.1 Å². The highest BCUT2D eigenvalue weighted by atomic mass is 35.5. The van der Waals surface area contributed by atoms with Crippen LogP contribution in [-0.2, 0) is 14.8 Å². The molecular weight excluding hydrogens is 446 g/mol. The zero-order valence-electron chi connectivity index (χ0n) is 17.6. The molecule has 31 heavy (non-hydrogen) atoms. The molecule has 0 bridgehead atoms. The van der Waals surface area contributed by atoms with E-state index in [9.17, 15) is 23.1 Å². The van der Waals surface area contributed by atoms with E-state index in [1.54, 1.807) is 7.11 Å². The van der Waals surface area contributed by atoms with E-state index in [1.807, 2.05) is 0 Å². The Hall–Kier alpha value is -2.14. The fraction of sp³-hybridized carbons (Fsp3) is 0.500. The van der Waals surface area contributed by atoms with E-state index in [-0.39, 0.29) is 22.1 Å². The number of hydrogen-bond acceptors (Lipinski definition) is 8. The maximum absolute atomic E-state index is 12.5. The lowest BCUT2D eigenvalue weighted by Crippen LogP contribution is -2.49. The minimum absolute atomic E-state index is 0.0307. The summed E-state index contributed by atoms with van der Waals surface area (Å²) in [7, 11) is 0.147. The molecule has 170 valence electrons. The minimum Gasteiger partial charge on any atom is -0.504 e. The van der Waals surface area contributed by atoms with E-state index in [0.29, 0.717) is 6.61 Å². The van der Waals surface area contributed by atoms with Gasteiger partial charge in [-0.3, -0.25) is 9.59 Å². The van der Waals surface area contributed by atoms with Gasteiger partial charge in [-0.2, -0.15) is 0 Å². The summed E-state index contributed by atoms with van der Waals surface area (Å²) in [5.74, 6) is -0.635. The summed E-state index contributed by atoms with van der Waals surface area (Å²) in [6.07, 6.45) is 4.61. The molecule has 0 unspecified atom stereocenters. The van der Waals surface area contributed by atoms with Crippen molar-refractivity contribution in [1.29, 1.82) is 0 Å². The van der Waals surface area contributed by atoms with Crippen LogP contribution >= 0.6 is 11.6 Å². The Morgan fingerprint density at radius 1 is 1.13 bits per heavy atom. The first-order valence-electron chi connectivity index (χ1n) is 9.85. The number of hydrogen-bond donors (Lipinski definition) is 3. The number of phenols is 1. The standard InChI is InChI=1S/C20H26ClN3O6S/c1-24(2)31(28,29)19-12(21)7-8-13(16(19)25)22-14-15(18(27)17(14)26)23-20(11-30-3)9-5-4-6-10-20/h7-8,22-23,25H,4-6,9-11H2,1-3H3. The van der Waals surface area contributed by atoms with Gasteiger partial charge in [-0.25, -0.2) is 12.7 Å². The van der Waals surface area contributed by atoms with E-state index in [0.717, 1.165) is 36.4 Å². The maximum Gasteiger partial charge on any atom is 0.253 e. The second-order valence-corrected chi connectivity index (χ2v) is 10.5. The third-order valence-electron chi connectivity index (χ3n) is 5.61. The lowest BCUT2D eigenvalue weighted by molar-refractivity contribution is 0.119. The van der Waals surface area contributed by atoms with E-state index in [1.165, 1.54) is 26.2 Å². The molecule has 3 N–H and O–H groups in total. The Morgan fingerprint density at radius 3 is 2.32 bits per heavy atom. The molecular formula is C20H26ClN3O6S. The van der Waals surface area contributed by atoms with E-state index in [4.69, 9.17) is 16.3 Å². The summed E-state index contributed by atoms with van der Waals surface area (Å²) in [6.45, 7) is 0.378. The largest absolute Gasteiger partial charge is 0.504 e. The zero-order valence-corrected chi connectivity index (χ0v) is 19.2. The van der Waals surface area contributed by atoms with E-state index in [2.05, 4.69) is 10.6 Å². The quantitative estimate of drug-likeness (QED) is 0.396. The predicted molar refractivity (Wildman–Crippen MR) is 120 cm³/mol. The number of anilines is 3. The number of methoxy groups -OCH3 is 1. The molecule has 0 heterocycles. The molecule has 3 rings (SSSR count). The smallest absolute Gasteiger partial charge is 0.253 e. The molecule has 0 spiro atoms. The van der Waals surface area contributed by atoms with Gasteiger partial charge in [-0.1, -0.05) is 30.9 Å². The van der Waals surface area contributed by atoms with Gasteiger partial charge in [0.05, 0.1) is 22.9 Å². The Bertz CT molecular complexity index is 1140. The van der Waals surface area contributed by atoms with Crippen molar-refractivity contribution in [1.82, 2.24) is 4.31 Å². The van der Waals surface area contributed by atoms with Gasteiger partial charge in [-0.15, -0.1) is 0 Å². The average Bonchev–Trinajstić information content (AvgIpc) is 2.72. The van der Waals surface area contributed by atoms with Crippen molar-refractivity contribution in [3.63, 3.8) is 0 Å². The van der Waals surface area contributed by atoms with Crippen LogP contribution in [0.5, 0.6) is 5.75 Å². The maximum atomic E-state index is 12.5. The molecule has 11 heteroatoms. The average molecular weight is 472 g/mol. The number of nitrogens with one attached hydrogen (secondary N) is 2. The third kappa shape index (κ3) is 4.30. The van der Waals surface area contributed by atoms with Crippen molar-refractivity contribution < 1.29 is 18.3 Å². The molecule has 1 aliphatic carbocycles. The van der Waals surface area contributed by atoms with Gasteiger partial charge in [-0.05, 0) is 25.0 Å². The van der Waals surface area contributed by atoms with Gasteiger partial charge in [0.15, 0.2) is 5.75 Å². The van der Waals surface area contributed by atoms with Gasteiger partial charge in [0.2, 0.25) is 10.0 Å². The second-order valence-electron chi connectivity index (χ2n) is 7.99. The number of rotatable bonds is 8. The number of phenolic OH excluding ortho intramolecular Hbond substituents is 1. The summed E-state index contributed by atoms with van der Waals surface area (Å²) in [4.78, 5) is 24.1. The Kier molecular flexibility index (Phi) is 6.66. The first-order chi connectivity index (χ1) is 14.5. The molecule has 0 amide bonds. The monoisotopic (exact) mass is 471 g/mol. The van der Waals surface area contributed by atoms with E-state index >= 15 is 0 Å². The highest BCUT2D eigenvalue weighted by Crippen LogP contribution is 2.40. The van der Waals surface area contributed by atoms with Gasteiger partial charge in [0.25, 0.3) is 10.9 Å². The fourth-order valence-electron chi connectivity index (χ4n) is 3.92. The van der Waals surface area contributed by atoms with Crippen molar-refractivity contribution in [2.45, 2.75) is 42.5 Å². The summed E-state index contributed by atoms with van der Waals surface area (Å²) in [5, 5.41) is 16.4. The number of aromatic hydroxyl groups is 1. The van der Waals surface area contributed by atoms with Crippen LogP contribution in [-0.4, -0.2) is 51.2 Å². The molecule has 0 atom stereocenters. The molecule has 1 saturated carbocycles. The molecule has 2 aromatic carbocycles. The van der Waals surface area contributed by atoms with Crippen LogP contribution in [0.1, 0.15) is 32.1 Å². The second kappa shape index (κ2) is 8.78. The summed E-state index contributed by atoms with van der Waals surface area (Å²) < 4.78 is 31.4. The van der Waals surface area contributed by atoms with Crippen LogP contribution in [0.25, 0.3) is 0 Å². The normalized spacial score (nSPS) is 16.5. The van der Waals surface area contributed by atoms with Crippen LogP contribution in [0.3, 0.4) is 0 Å². The Labute approximate surface area is 185 Å². The highest BCUT2D eigenvalue weighted by Gasteiger charge is 2.36. The first-order valence-corrected chi connectivity index (χ1v) is 11.7. The number of halogens is 1. The number of nitrogens with zero attached hydrogens (tertiary/aromatic N) is 1. The topological polar surface area (TPSA) is 125 Å². The molecule has 0 aliphatic heterocycles. The number of ether oxygens (including phenoxy) is 1. The Balaban J connectivity index is 1.98. The molecule has 0 saturated heterocycles. The third-order valence-corrected chi connectivity index (χ3v) is 7.93. The molecule has 2 aromatic rings. The van der Waals surface area contributed by atoms with Crippen LogP contribution in [0, 0.1) is 0 Å². The number of benzene rings is 1. The summed E-state index contributed by atoms with van der Waals surface area (Å²) in [6, 6.07) is 2.64.